The van der Waals surface area contributed by atoms with Gasteiger partial charge in [-0.15, -0.1) is 0 Å². The van der Waals surface area contributed by atoms with Crippen LogP contribution in [-0.2, 0) is 16.0 Å². The fraction of sp³-hybridized carbons (Fsp3) is 0.708. The summed E-state index contributed by atoms with van der Waals surface area (Å²) >= 11 is 0. The topological polar surface area (TPSA) is 45.2 Å². The number of ether oxygens (including phenoxy) is 2. The number of piperidine rings is 1. The van der Waals surface area contributed by atoms with Crippen molar-refractivity contribution in [2.75, 3.05) is 60.0 Å². The normalized spacial score (nSPS) is 25.4. The molecule has 0 aliphatic carbocycles. The van der Waals surface area contributed by atoms with E-state index < -0.39 is 0 Å². The molecule has 0 aromatic heterocycles. The summed E-state index contributed by atoms with van der Waals surface area (Å²) in [4.78, 5) is 19.9. The highest BCUT2D eigenvalue weighted by molar-refractivity contribution is 5.76. The van der Waals surface area contributed by atoms with Crippen molar-refractivity contribution >= 4 is 5.91 Å². The van der Waals surface area contributed by atoms with E-state index in [1.54, 1.807) is 7.11 Å². The molecule has 166 valence electrons. The summed E-state index contributed by atoms with van der Waals surface area (Å²) in [5, 5.41) is 0. The van der Waals surface area contributed by atoms with Crippen LogP contribution in [0.25, 0.3) is 0 Å². The third-order valence-corrected chi connectivity index (χ3v) is 7.31. The second-order valence-corrected chi connectivity index (χ2v) is 9.25. The van der Waals surface area contributed by atoms with Crippen LogP contribution in [-0.4, -0.2) is 92.3 Å². The van der Waals surface area contributed by atoms with Crippen molar-refractivity contribution in [1.82, 2.24) is 14.7 Å². The van der Waals surface area contributed by atoms with Crippen LogP contribution in [0.2, 0.25) is 0 Å². The molecule has 1 unspecified atom stereocenters. The molecule has 1 atom stereocenters. The number of rotatable bonds is 5. The van der Waals surface area contributed by atoms with Crippen LogP contribution in [0.15, 0.2) is 24.3 Å². The zero-order chi connectivity index (χ0) is 21.0. The molecule has 3 fully saturated rings. The maximum absolute atomic E-state index is 12.8. The predicted octanol–water partition coefficient (Wildman–Crippen LogP) is 2.42. The summed E-state index contributed by atoms with van der Waals surface area (Å²) in [6, 6.07) is 8.65. The molecule has 0 saturated carbocycles. The first kappa shape index (κ1) is 21.6. The zero-order valence-electron chi connectivity index (χ0n) is 18.6. The monoisotopic (exact) mass is 415 g/mol. The van der Waals surface area contributed by atoms with E-state index in [-0.39, 0.29) is 11.5 Å². The molecule has 3 saturated heterocycles. The molecule has 3 aliphatic rings. The van der Waals surface area contributed by atoms with Gasteiger partial charge in [0, 0.05) is 58.3 Å². The summed E-state index contributed by atoms with van der Waals surface area (Å²) in [7, 11) is 3.89. The minimum absolute atomic E-state index is 0.0180. The van der Waals surface area contributed by atoms with Crippen LogP contribution in [0.1, 0.15) is 37.7 Å². The molecule has 3 heterocycles. The summed E-state index contributed by atoms with van der Waals surface area (Å²) < 4.78 is 11.6. The van der Waals surface area contributed by atoms with Crippen LogP contribution in [0.4, 0.5) is 0 Å². The summed E-state index contributed by atoms with van der Waals surface area (Å²) in [6.07, 6.45) is 5.55. The van der Waals surface area contributed by atoms with Crippen LogP contribution in [0.5, 0.6) is 5.75 Å². The summed E-state index contributed by atoms with van der Waals surface area (Å²) in [5.41, 5.74) is 1.14. The molecule has 0 radical (unpaired) electrons. The van der Waals surface area contributed by atoms with Gasteiger partial charge in [-0.3, -0.25) is 9.69 Å². The Labute approximate surface area is 181 Å². The van der Waals surface area contributed by atoms with Gasteiger partial charge in [-0.1, -0.05) is 12.1 Å². The van der Waals surface area contributed by atoms with E-state index in [0.29, 0.717) is 12.5 Å². The number of amides is 1. The van der Waals surface area contributed by atoms with E-state index >= 15 is 0 Å². The van der Waals surface area contributed by atoms with Gasteiger partial charge >= 0.3 is 0 Å². The first-order valence-corrected chi connectivity index (χ1v) is 11.5. The number of carbonyl (C=O) groups excluding carboxylic acids is 1. The van der Waals surface area contributed by atoms with Gasteiger partial charge in [0.05, 0.1) is 12.7 Å². The van der Waals surface area contributed by atoms with E-state index in [1.807, 2.05) is 23.1 Å². The van der Waals surface area contributed by atoms with E-state index in [0.717, 1.165) is 63.1 Å². The van der Waals surface area contributed by atoms with E-state index in [4.69, 9.17) is 9.47 Å². The van der Waals surface area contributed by atoms with Gasteiger partial charge in [0.25, 0.3) is 0 Å². The minimum atomic E-state index is -0.0180. The molecule has 3 aliphatic heterocycles. The highest BCUT2D eigenvalue weighted by Crippen LogP contribution is 2.37. The third kappa shape index (κ3) is 5.16. The molecular formula is C24H37N3O3. The van der Waals surface area contributed by atoms with Crippen molar-refractivity contribution in [2.45, 2.75) is 50.2 Å². The van der Waals surface area contributed by atoms with Crippen LogP contribution in [0.3, 0.4) is 0 Å². The first-order chi connectivity index (χ1) is 14.6. The number of likely N-dealkylation sites (N-methyl/N-ethyl adjacent to an activating group) is 1. The second kappa shape index (κ2) is 9.67. The fourth-order valence-electron chi connectivity index (χ4n) is 5.25. The van der Waals surface area contributed by atoms with Crippen molar-refractivity contribution in [3.8, 4) is 5.75 Å². The van der Waals surface area contributed by atoms with Gasteiger partial charge in [0.1, 0.15) is 5.75 Å². The Morgan fingerprint density at radius 3 is 2.67 bits per heavy atom. The number of benzene rings is 1. The zero-order valence-corrected chi connectivity index (χ0v) is 18.6. The second-order valence-electron chi connectivity index (χ2n) is 9.25. The number of methoxy groups -OCH3 is 1. The van der Waals surface area contributed by atoms with Gasteiger partial charge in [0.2, 0.25) is 5.91 Å². The number of hydrogen-bond acceptors (Lipinski definition) is 5. The summed E-state index contributed by atoms with van der Waals surface area (Å²) in [5.74, 6) is 1.11. The molecule has 1 aromatic carbocycles. The molecule has 1 spiro atoms. The van der Waals surface area contributed by atoms with Crippen LogP contribution >= 0.6 is 0 Å². The lowest BCUT2D eigenvalue weighted by Crippen LogP contribution is -2.57. The molecule has 30 heavy (non-hydrogen) atoms. The van der Waals surface area contributed by atoms with Gasteiger partial charge in [-0.05, 0) is 56.8 Å². The molecule has 1 amide bonds. The number of aryl methyl sites for hydroxylation is 1. The van der Waals surface area contributed by atoms with Gasteiger partial charge in [0.15, 0.2) is 0 Å². The van der Waals surface area contributed by atoms with Crippen molar-refractivity contribution in [1.29, 1.82) is 0 Å². The summed E-state index contributed by atoms with van der Waals surface area (Å²) in [6.45, 7) is 7.19. The third-order valence-electron chi connectivity index (χ3n) is 7.31. The highest BCUT2D eigenvalue weighted by Gasteiger charge is 2.42. The Morgan fingerprint density at radius 2 is 1.93 bits per heavy atom. The van der Waals surface area contributed by atoms with Crippen molar-refractivity contribution < 1.29 is 14.3 Å². The predicted molar refractivity (Wildman–Crippen MR) is 118 cm³/mol. The van der Waals surface area contributed by atoms with Gasteiger partial charge in [-0.25, -0.2) is 0 Å². The van der Waals surface area contributed by atoms with Crippen LogP contribution < -0.4 is 4.74 Å². The van der Waals surface area contributed by atoms with Crippen molar-refractivity contribution in [3.63, 3.8) is 0 Å². The van der Waals surface area contributed by atoms with Crippen molar-refractivity contribution in [2.24, 2.45) is 0 Å². The standard InChI is InChI=1S/C24H37N3O3/c1-25-13-15-26(16-14-25)21-8-17-30-24(19-21)9-11-27(12-10-24)23(28)7-6-20-4-3-5-22(18-20)29-2/h3-5,18,21H,6-17,19H2,1-2H3. The van der Waals surface area contributed by atoms with E-state index in [9.17, 15) is 4.79 Å². The lowest BCUT2D eigenvalue weighted by atomic mass is 9.81. The van der Waals surface area contributed by atoms with E-state index in [1.165, 1.54) is 26.2 Å². The molecular weight excluding hydrogens is 378 g/mol. The molecule has 6 nitrogen and oxygen atoms in total. The quantitative estimate of drug-likeness (QED) is 0.739. The van der Waals surface area contributed by atoms with E-state index in [2.05, 4.69) is 22.9 Å². The Morgan fingerprint density at radius 1 is 1.17 bits per heavy atom. The molecule has 0 N–H and O–H groups in total. The Balaban J connectivity index is 1.25. The largest absolute Gasteiger partial charge is 0.497 e. The Hall–Kier alpha value is -1.63. The number of nitrogens with zero attached hydrogens (tertiary/aromatic N) is 3. The average molecular weight is 416 g/mol. The minimum Gasteiger partial charge on any atom is -0.497 e. The highest BCUT2D eigenvalue weighted by atomic mass is 16.5. The number of hydrogen-bond donors (Lipinski definition) is 0. The van der Waals surface area contributed by atoms with Crippen LogP contribution in [0, 0.1) is 0 Å². The SMILES string of the molecule is COc1cccc(CCC(=O)N2CCC3(CC2)CC(N2CCN(C)CC2)CCO3)c1. The maximum atomic E-state index is 12.8. The lowest BCUT2D eigenvalue weighted by molar-refractivity contribution is -0.150. The first-order valence-electron chi connectivity index (χ1n) is 11.5. The number of likely N-dealkylation sites (tertiary alicyclic amines) is 1. The Kier molecular flexibility index (Phi) is 6.96. The van der Waals surface area contributed by atoms with Gasteiger partial charge < -0.3 is 19.3 Å². The maximum Gasteiger partial charge on any atom is 0.222 e. The van der Waals surface area contributed by atoms with Gasteiger partial charge in [-0.2, -0.15) is 0 Å². The van der Waals surface area contributed by atoms with Crippen molar-refractivity contribution in [3.05, 3.63) is 29.8 Å². The smallest absolute Gasteiger partial charge is 0.222 e. The molecule has 1 aromatic rings. The average Bonchev–Trinajstić information content (AvgIpc) is 2.79. The number of carbonyl (C=O) groups is 1. The fourth-order valence-corrected chi connectivity index (χ4v) is 5.25. The molecule has 4 rings (SSSR count). The number of piperazine rings is 1. The molecule has 6 heteroatoms. The molecule has 0 bridgehead atoms. The Bertz CT molecular complexity index is 709. The lowest BCUT2D eigenvalue weighted by Gasteiger charge is -2.49.